The van der Waals surface area contributed by atoms with Crippen LogP contribution in [0.2, 0.25) is 0 Å². The topological polar surface area (TPSA) is 59.6 Å². The Morgan fingerprint density at radius 3 is 2.48 bits per heavy atom. The molecule has 0 bridgehead atoms. The number of hydrogen-bond acceptors (Lipinski definition) is 4. The second-order valence-corrected chi connectivity index (χ2v) is 5.05. The standard InChI is InChI=1S/C18H18N2O3/c1-2-14(13-8-4-3-5-9-13)19-20-18(21)17-12-22-15-10-6-7-11-16(15)23-17/h2-11,17,19H,12H2,1H3,(H,20,21)/b14-2-/t17-/m0/s1. The Hall–Kier alpha value is -2.95. The molecule has 118 valence electrons. The highest BCUT2D eigenvalue weighted by molar-refractivity contribution is 5.82. The summed E-state index contributed by atoms with van der Waals surface area (Å²) >= 11 is 0. The second-order valence-electron chi connectivity index (χ2n) is 5.05. The van der Waals surface area contributed by atoms with Crippen molar-refractivity contribution < 1.29 is 14.3 Å². The number of benzene rings is 2. The van der Waals surface area contributed by atoms with Crippen LogP contribution in [0.15, 0.2) is 60.7 Å². The zero-order chi connectivity index (χ0) is 16.1. The van der Waals surface area contributed by atoms with Crippen LogP contribution in [0.4, 0.5) is 0 Å². The first-order valence-electron chi connectivity index (χ1n) is 7.44. The fraction of sp³-hybridized carbons (Fsp3) is 0.167. The summed E-state index contributed by atoms with van der Waals surface area (Å²) in [6, 6.07) is 17.1. The summed E-state index contributed by atoms with van der Waals surface area (Å²) in [4.78, 5) is 12.3. The summed E-state index contributed by atoms with van der Waals surface area (Å²) in [5.41, 5.74) is 7.41. The third-order valence-corrected chi connectivity index (χ3v) is 3.49. The van der Waals surface area contributed by atoms with Crippen LogP contribution in [-0.2, 0) is 4.79 Å². The molecule has 0 aromatic heterocycles. The van der Waals surface area contributed by atoms with Gasteiger partial charge in [-0.25, -0.2) is 0 Å². The molecule has 0 spiro atoms. The van der Waals surface area contributed by atoms with Crippen molar-refractivity contribution in [2.75, 3.05) is 6.61 Å². The zero-order valence-corrected chi connectivity index (χ0v) is 12.8. The SMILES string of the molecule is C/C=C(\NNC(=O)[C@@H]1COc2ccccc2O1)c1ccccc1. The number of allylic oxidation sites excluding steroid dienone is 1. The maximum atomic E-state index is 12.3. The van der Waals surface area contributed by atoms with Gasteiger partial charge in [0.05, 0.1) is 5.70 Å². The van der Waals surface area contributed by atoms with Gasteiger partial charge in [-0.1, -0.05) is 48.5 Å². The Labute approximate surface area is 134 Å². The first kappa shape index (κ1) is 15.0. The monoisotopic (exact) mass is 310 g/mol. The van der Waals surface area contributed by atoms with Gasteiger partial charge in [-0.15, -0.1) is 0 Å². The third-order valence-electron chi connectivity index (χ3n) is 3.49. The van der Waals surface area contributed by atoms with Crippen LogP contribution in [0, 0.1) is 0 Å². The van der Waals surface area contributed by atoms with Crippen molar-refractivity contribution in [2.45, 2.75) is 13.0 Å². The molecule has 0 radical (unpaired) electrons. The van der Waals surface area contributed by atoms with Gasteiger partial charge in [-0.05, 0) is 24.6 Å². The highest BCUT2D eigenvalue weighted by Crippen LogP contribution is 2.30. The molecule has 1 amide bonds. The first-order chi connectivity index (χ1) is 11.3. The van der Waals surface area contributed by atoms with Crippen LogP contribution < -0.4 is 20.3 Å². The molecule has 1 atom stereocenters. The number of hydrogen-bond donors (Lipinski definition) is 2. The highest BCUT2D eigenvalue weighted by atomic mass is 16.6. The van der Waals surface area contributed by atoms with Crippen LogP contribution >= 0.6 is 0 Å². The quantitative estimate of drug-likeness (QED) is 0.852. The predicted molar refractivity (Wildman–Crippen MR) is 87.7 cm³/mol. The van der Waals surface area contributed by atoms with Crippen LogP contribution in [0.5, 0.6) is 11.5 Å². The van der Waals surface area contributed by atoms with E-state index in [9.17, 15) is 4.79 Å². The number of carbonyl (C=O) groups excluding carboxylic acids is 1. The van der Waals surface area contributed by atoms with Gasteiger partial charge in [0.2, 0.25) is 6.10 Å². The number of para-hydroxylation sites is 2. The smallest absolute Gasteiger partial charge is 0.282 e. The average molecular weight is 310 g/mol. The molecule has 0 unspecified atom stereocenters. The third kappa shape index (κ3) is 3.45. The summed E-state index contributed by atoms with van der Waals surface area (Å²) in [5.74, 6) is 0.950. The summed E-state index contributed by atoms with van der Waals surface area (Å²) in [7, 11) is 0. The van der Waals surface area contributed by atoms with Crippen molar-refractivity contribution in [3.05, 3.63) is 66.2 Å². The van der Waals surface area contributed by atoms with E-state index < -0.39 is 6.10 Å². The van der Waals surface area contributed by atoms with Gasteiger partial charge in [-0.2, -0.15) is 0 Å². The van der Waals surface area contributed by atoms with Gasteiger partial charge in [-0.3, -0.25) is 15.6 Å². The normalized spacial score (nSPS) is 16.6. The summed E-state index contributed by atoms with van der Waals surface area (Å²) < 4.78 is 11.2. The molecule has 1 heterocycles. The number of fused-ring (bicyclic) bond motifs is 1. The van der Waals surface area contributed by atoms with Gasteiger partial charge < -0.3 is 9.47 Å². The summed E-state index contributed by atoms with van der Waals surface area (Å²) in [6.45, 7) is 2.08. The molecule has 2 aromatic carbocycles. The van der Waals surface area contributed by atoms with Crippen molar-refractivity contribution in [2.24, 2.45) is 0 Å². The number of hydrazine groups is 1. The molecule has 5 heteroatoms. The van der Waals surface area contributed by atoms with Crippen molar-refractivity contribution in [1.82, 2.24) is 10.9 Å². The maximum absolute atomic E-state index is 12.3. The summed E-state index contributed by atoms with van der Waals surface area (Å²) in [5, 5.41) is 0. The number of ether oxygens (including phenoxy) is 2. The maximum Gasteiger partial charge on any atom is 0.282 e. The van der Waals surface area contributed by atoms with E-state index in [1.165, 1.54) is 0 Å². The van der Waals surface area contributed by atoms with Crippen LogP contribution in [0.3, 0.4) is 0 Å². The van der Waals surface area contributed by atoms with Gasteiger partial charge in [0, 0.05) is 0 Å². The Kier molecular flexibility index (Phi) is 4.47. The van der Waals surface area contributed by atoms with Crippen LogP contribution in [0.25, 0.3) is 5.70 Å². The van der Waals surface area contributed by atoms with E-state index in [0.717, 1.165) is 11.3 Å². The molecule has 23 heavy (non-hydrogen) atoms. The molecular weight excluding hydrogens is 292 g/mol. The Bertz CT molecular complexity index is 713. The summed E-state index contributed by atoms with van der Waals surface area (Å²) in [6.07, 6.45) is 1.20. The largest absolute Gasteiger partial charge is 0.485 e. The first-order valence-corrected chi connectivity index (χ1v) is 7.44. The molecule has 0 saturated carbocycles. The molecule has 5 nitrogen and oxygen atoms in total. The highest BCUT2D eigenvalue weighted by Gasteiger charge is 2.27. The van der Waals surface area contributed by atoms with Crippen LogP contribution in [-0.4, -0.2) is 18.6 Å². The van der Waals surface area contributed by atoms with Crippen molar-refractivity contribution >= 4 is 11.6 Å². The minimum Gasteiger partial charge on any atom is -0.485 e. The van der Waals surface area contributed by atoms with Gasteiger partial charge >= 0.3 is 0 Å². The van der Waals surface area contributed by atoms with Gasteiger partial charge in [0.1, 0.15) is 6.61 Å². The lowest BCUT2D eigenvalue weighted by molar-refractivity contribution is -0.131. The molecule has 0 fully saturated rings. The van der Waals surface area contributed by atoms with E-state index in [0.29, 0.717) is 11.5 Å². The van der Waals surface area contributed by atoms with Crippen molar-refractivity contribution in [1.29, 1.82) is 0 Å². The van der Waals surface area contributed by atoms with Gasteiger partial charge in [0.25, 0.3) is 5.91 Å². The lowest BCUT2D eigenvalue weighted by Crippen LogP contribution is -2.48. The second kappa shape index (κ2) is 6.87. The Balaban J connectivity index is 1.60. The van der Waals surface area contributed by atoms with Crippen molar-refractivity contribution in [3.8, 4) is 11.5 Å². The lowest BCUT2D eigenvalue weighted by atomic mass is 10.1. The number of amides is 1. The van der Waals surface area contributed by atoms with E-state index >= 15 is 0 Å². The number of nitrogens with one attached hydrogen (secondary N) is 2. The minimum atomic E-state index is -0.689. The molecule has 2 N–H and O–H groups in total. The molecule has 0 saturated heterocycles. The molecular formula is C18H18N2O3. The molecule has 3 rings (SSSR count). The van der Waals surface area contributed by atoms with E-state index in [-0.39, 0.29) is 12.5 Å². The molecule has 0 aliphatic carbocycles. The van der Waals surface area contributed by atoms with E-state index in [4.69, 9.17) is 9.47 Å². The molecule has 2 aromatic rings. The lowest BCUT2D eigenvalue weighted by Gasteiger charge is -2.26. The van der Waals surface area contributed by atoms with E-state index in [1.807, 2.05) is 61.5 Å². The fourth-order valence-corrected chi connectivity index (χ4v) is 2.29. The Morgan fingerprint density at radius 2 is 1.74 bits per heavy atom. The average Bonchev–Trinajstić information content (AvgIpc) is 2.62. The van der Waals surface area contributed by atoms with Crippen LogP contribution in [0.1, 0.15) is 12.5 Å². The number of rotatable bonds is 4. The Morgan fingerprint density at radius 1 is 1.04 bits per heavy atom. The minimum absolute atomic E-state index is 0.182. The van der Waals surface area contributed by atoms with Crippen molar-refractivity contribution in [3.63, 3.8) is 0 Å². The fourth-order valence-electron chi connectivity index (χ4n) is 2.29. The zero-order valence-electron chi connectivity index (χ0n) is 12.8. The molecule has 1 aliphatic heterocycles. The van der Waals surface area contributed by atoms with Gasteiger partial charge in [0.15, 0.2) is 11.5 Å². The van der Waals surface area contributed by atoms with E-state index in [1.54, 1.807) is 6.07 Å². The number of carbonyl (C=O) groups is 1. The van der Waals surface area contributed by atoms with E-state index in [2.05, 4.69) is 10.9 Å². The predicted octanol–water partition coefficient (Wildman–Crippen LogP) is 2.51. The molecule has 1 aliphatic rings.